The Labute approximate surface area is 128 Å². The molecule has 1 saturated heterocycles. The van der Waals surface area contributed by atoms with E-state index in [2.05, 4.69) is 14.3 Å². The van der Waals surface area contributed by atoms with Crippen molar-refractivity contribution in [1.29, 1.82) is 0 Å². The van der Waals surface area contributed by atoms with Gasteiger partial charge in [0.25, 0.3) is 0 Å². The highest BCUT2D eigenvalue weighted by molar-refractivity contribution is 7.09. The Morgan fingerprint density at radius 3 is 2.81 bits per heavy atom. The molecule has 0 spiro atoms. The van der Waals surface area contributed by atoms with Gasteiger partial charge in [-0.15, -0.1) is 0 Å². The Balaban J connectivity index is 1.69. The fraction of sp³-hybridized carbons (Fsp3) is 0.467. The van der Waals surface area contributed by atoms with Crippen molar-refractivity contribution in [1.82, 2.24) is 9.36 Å². The number of aromatic nitrogens is 2. The lowest BCUT2D eigenvalue weighted by Gasteiger charge is -2.32. The molecule has 3 rings (SSSR count). The van der Waals surface area contributed by atoms with Crippen LogP contribution in [0, 0.1) is 6.92 Å². The highest BCUT2D eigenvalue weighted by atomic mass is 32.1. The van der Waals surface area contributed by atoms with Gasteiger partial charge in [0.1, 0.15) is 11.9 Å². The summed E-state index contributed by atoms with van der Waals surface area (Å²) in [7, 11) is 1.67. The largest absolute Gasteiger partial charge is 0.493 e. The van der Waals surface area contributed by atoms with Crippen molar-refractivity contribution in [3.05, 3.63) is 30.1 Å². The van der Waals surface area contributed by atoms with Crippen LogP contribution in [0.3, 0.4) is 0 Å². The predicted octanol–water partition coefficient (Wildman–Crippen LogP) is 2.90. The van der Waals surface area contributed by atoms with E-state index in [1.54, 1.807) is 7.11 Å². The number of benzene rings is 1. The third kappa shape index (κ3) is 3.26. The van der Waals surface area contributed by atoms with Crippen LogP contribution in [0.1, 0.15) is 18.7 Å². The van der Waals surface area contributed by atoms with Gasteiger partial charge in [0.15, 0.2) is 11.5 Å². The fourth-order valence-electron chi connectivity index (χ4n) is 2.52. The molecule has 0 radical (unpaired) electrons. The van der Waals surface area contributed by atoms with Crippen LogP contribution >= 0.6 is 11.5 Å². The molecule has 21 heavy (non-hydrogen) atoms. The van der Waals surface area contributed by atoms with E-state index in [4.69, 9.17) is 9.47 Å². The van der Waals surface area contributed by atoms with Gasteiger partial charge in [-0.1, -0.05) is 12.1 Å². The molecule has 0 unspecified atom stereocenters. The van der Waals surface area contributed by atoms with Gasteiger partial charge < -0.3 is 14.4 Å². The summed E-state index contributed by atoms with van der Waals surface area (Å²) in [6, 6.07) is 7.78. The summed E-state index contributed by atoms with van der Waals surface area (Å²) in [5.41, 5.74) is 0. The first-order valence-corrected chi connectivity index (χ1v) is 7.88. The first-order chi connectivity index (χ1) is 10.3. The van der Waals surface area contributed by atoms with E-state index in [0.29, 0.717) is 0 Å². The maximum Gasteiger partial charge on any atom is 0.205 e. The summed E-state index contributed by atoms with van der Waals surface area (Å²) in [6.07, 6.45) is 2.30. The zero-order valence-corrected chi connectivity index (χ0v) is 13.1. The number of anilines is 1. The first-order valence-electron chi connectivity index (χ1n) is 7.11. The lowest BCUT2D eigenvalue weighted by atomic mass is 10.1. The van der Waals surface area contributed by atoms with Crippen LogP contribution < -0.4 is 14.4 Å². The molecular formula is C15H19N3O2S. The van der Waals surface area contributed by atoms with Gasteiger partial charge in [-0.25, -0.2) is 4.98 Å². The van der Waals surface area contributed by atoms with Gasteiger partial charge >= 0.3 is 0 Å². The normalized spacial score (nSPS) is 18.6. The number of para-hydroxylation sites is 2. The summed E-state index contributed by atoms with van der Waals surface area (Å²) in [4.78, 5) is 6.72. The lowest BCUT2D eigenvalue weighted by molar-refractivity contribution is 0.172. The van der Waals surface area contributed by atoms with Crippen molar-refractivity contribution in [3.63, 3.8) is 0 Å². The molecule has 2 heterocycles. The van der Waals surface area contributed by atoms with Crippen LogP contribution in [0.25, 0.3) is 0 Å². The number of hydrogen-bond acceptors (Lipinski definition) is 6. The number of rotatable bonds is 4. The van der Waals surface area contributed by atoms with E-state index < -0.39 is 0 Å². The minimum absolute atomic E-state index is 0.152. The fourth-order valence-corrected chi connectivity index (χ4v) is 3.23. The summed E-state index contributed by atoms with van der Waals surface area (Å²) in [5.74, 6) is 2.42. The zero-order chi connectivity index (χ0) is 14.7. The standard InChI is InChI=1S/C15H19N3O2S/c1-11-16-15(21-17-11)18-9-5-6-12(10-18)20-14-8-4-3-7-13(14)19-2/h3-4,7-8,12H,5-6,9-10H2,1-2H3/t12-/m0/s1. The molecule has 1 aromatic carbocycles. The van der Waals surface area contributed by atoms with Crippen molar-refractivity contribution in [2.45, 2.75) is 25.9 Å². The topological polar surface area (TPSA) is 47.5 Å². The van der Waals surface area contributed by atoms with Gasteiger partial charge in [0, 0.05) is 18.1 Å². The third-order valence-electron chi connectivity index (χ3n) is 3.53. The van der Waals surface area contributed by atoms with Crippen LogP contribution in [0.15, 0.2) is 24.3 Å². The Morgan fingerprint density at radius 1 is 1.29 bits per heavy atom. The molecule has 1 atom stereocenters. The molecule has 5 nitrogen and oxygen atoms in total. The molecular weight excluding hydrogens is 286 g/mol. The van der Waals surface area contributed by atoms with Crippen LogP contribution in [0.5, 0.6) is 11.5 Å². The van der Waals surface area contributed by atoms with Crippen molar-refractivity contribution in [2.24, 2.45) is 0 Å². The molecule has 1 fully saturated rings. The van der Waals surface area contributed by atoms with Gasteiger partial charge in [-0.2, -0.15) is 4.37 Å². The molecule has 1 aliphatic heterocycles. The second-order valence-corrected chi connectivity index (χ2v) is 5.83. The number of hydrogen-bond donors (Lipinski definition) is 0. The number of methoxy groups -OCH3 is 1. The smallest absolute Gasteiger partial charge is 0.205 e. The lowest BCUT2D eigenvalue weighted by Crippen LogP contribution is -2.41. The SMILES string of the molecule is COc1ccccc1O[C@H]1CCCN(c2nc(C)ns2)C1. The van der Waals surface area contributed by atoms with Crippen LogP contribution in [0.4, 0.5) is 5.13 Å². The van der Waals surface area contributed by atoms with Crippen LogP contribution in [0.2, 0.25) is 0 Å². The Hall–Kier alpha value is -1.82. The molecule has 1 aromatic heterocycles. The van der Waals surface area contributed by atoms with Gasteiger partial charge in [0.2, 0.25) is 5.13 Å². The van der Waals surface area contributed by atoms with E-state index in [0.717, 1.165) is 48.4 Å². The average Bonchev–Trinajstić information content (AvgIpc) is 2.95. The molecule has 0 aliphatic carbocycles. The van der Waals surface area contributed by atoms with Crippen molar-refractivity contribution in [3.8, 4) is 11.5 Å². The molecule has 0 bridgehead atoms. The highest BCUT2D eigenvalue weighted by Crippen LogP contribution is 2.29. The molecule has 0 N–H and O–H groups in total. The molecule has 6 heteroatoms. The maximum atomic E-state index is 6.13. The molecule has 112 valence electrons. The first kappa shape index (κ1) is 14.1. The minimum Gasteiger partial charge on any atom is -0.493 e. The Kier molecular flexibility index (Phi) is 4.24. The molecule has 1 aliphatic rings. The monoisotopic (exact) mass is 305 g/mol. The van der Waals surface area contributed by atoms with Crippen molar-refractivity contribution >= 4 is 16.7 Å². The van der Waals surface area contributed by atoms with Crippen molar-refractivity contribution < 1.29 is 9.47 Å². The second kappa shape index (κ2) is 6.30. The van der Waals surface area contributed by atoms with E-state index in [1.807, 2.05) is 31.2 Å². The van der Waals surface area contributed by atoms with Gasteiger partial charge in [0.05, 0.1) is 13.7 Å². The summed E-state index contributed by atoms with van der Waals surface area (Å²) in [6.45, 7) is 3.78. The summed E-state index contributed by atoms with van der Waals surface area (Å²) in [5, 5.41) is 0.987. The van der Waals surface area contributed by atoms with Crippen LogP contribution in [-0.4, -0.2) is 35.7 Å². The van der Waals surface area contributed by atoms with E-state index in [1.165, 1.54) is 11.5 Å². The minimum atomic E-state index is 0.152. The van der Waals surface area contributed by atoms with E-state index in [-0.39, 0.29) is 6.10 Å². The molecule has 0 saturated carbocycles. The Morgan fingerprint density at radius 2 is 2.10 bits per heavy atom. The summed E-state index contributed by atoms with van der Waals surface area (Å²) < 4.78 is 15.7. The highest BCUT2D eigenvalue weighted by Gasteiger charge is 2.24. The zero-order valence-electron chi connectivity index (χ0n) is 12.3. The summed E-state index contributed by atoms with van der Waals surface area (Å²) >= 11 is 1.46. The predicted molar refractivity (Wildman–Crippen MR) is 83.5 cm³/mol. The maximum absolute atomic E-state index is 6.13. The number of piperidine rings is 1. The second-order valence-electron chi connectivity index (χ2n) is 5.10. The third-order valence-corrected chi connectivity index (χ3v) is 4.40. The van der Waals surface area contributed by atoms with E-state index in [9.17, 15) is 0 Å². The number of nitrogens with zero attached hydrogens (tertiary/aromatic N) is 3. The van der Waals surface area contributed by atoms with E-state index >= 15 is 0 Å². The van der Waals surface area contributed by atoms with Gasteiger partial charge in [-0.3, -0.25) is 0 Å². The number of ether oxygens (including phenoxy) is 2. The average molecular weight is 305 g/mol. The number of aryl methyl sites for hydroxylation is 1. The van der Waals surface area contributed by atoms with Crippen LogP contribution in [-0.2, 0) is 0 Å². The van der Waals surface area contributed by atoms with Crippen molar-refractivity contribution in [2.75, 3.05) is 25.1 Å². The molecule has 2 aromatic rings. The Bertz CT molecular complexity index is 602. The molecule has 0 amide bonds. The van der Waals surface area contributed by atoms with Gasteiger partial charge in [-0.05, 0) is 31.9 Å². The quantitative estimate of drug-likeness (QED) is 0.869.